The summed E-state index contributed by atoms with van der Waals surface area (Å²) >= 11 is 0. The predicted molar refractivity (Wildman–Crippen MR) is 261 cm³/mol. The van der Waals surface area contributed by atoms with E-state index in [2.05, 4.69) is 140 Å². The fourth-order valence-corrected chi connectivity index (χ4v) is 8.82. The van der Waals surface area contributed by atoms with Crippen LogP contribution in [0.15, 0.2) is 249 Å². The van der Waals surface area contributed by atoms with Crippen LogP contribution < -0.4 is 4.90 Å². The summed E-state index contributed by atoms with van der Waals surface area (Å²) in [6.45, 7) is 0. The minimum Gasteiger partial charge on any atom is -0.310 e. The van der Waals surface area contributed by atoms with Gasteiger partial charge in [-0.15, -0.1) is 0 Å². The molecule has 0 fully saturated rings. The van der Waals surface area contributed by atoms with Gasteiger partial charge in [0.25, 0.3) is 0 Å². The van der Waals surface area contributed by atoms with Crippen LogP contribution in [0, 0.1) is 0 Å². The third kappa shape index (κ3) is 6.73. The van der Waals surface area contributed by atoms with Gasteiger partial charge in [0.15, 0.2) is 0 Å². The Hall–Kier alpha value is -8.00. The average Bonchev–Trinajstić information content (AvgIpc) is 3.37. The lowest BCUT2D eigenvalue weighted by Crippen LogP contribution is -2.11. The van der Waals surface area contributed by atoms with Gasteiger partial charge in [-0.05, 0) is 119 Å². The molecule has 0 N–H and O–H groups in total. The fourth-order valence-electron chi connectivity index (χ4n) is 8.82. The van der Waals surface area contributed by atoms with Crippen molar-refractivity contribution in [3.8, 4) is 55.6 Å². The van der Waals surface area contributed by atoms with Crippen molar-refractivity contribution >= 4 is 49.4 Å². The van der Waals surface area contributed by atoms with Gasteiger partial charge in [-0.1, -0.05) is 212 Å². The van der Waals surface area contributed by atoms with Crippen molar-refractivity contribution < 1.29 is 5.48 Å². The van der Waals surface area contributed by atoms with Crippen LogP contribution in [0.4, 0.5) is 17.1 Å². The number of fused-ring (bicyclic) bond motifs is 4. The van der Waals surface area contributed by atoms with Crippen LogP contribution >= 0.6 is 0 Å². The van der Waals surface area contributed by atoms with Gasteiger partial charge in [0, 0.05) is 16.9 Å². The Balaban J connectivity index is 1.11. The van der Waals surface area contributed by atoms with Crippen molar-refractivity contribution in [1.29, 1.82) is 0 Å². The Morgan fingerprint density at radius 1 is 0.262 bits per heavy atom. The van der Waals surface area contributed by atoms with Gasteiger partial charge < -0.3 is 4.90 Å². The molecule has 0 aliphatic heterocycles. The van der Waals surface area contributed by atoms with E-state index in [0.29, 0.717) is 11.3 Å². The first-order chi connectivity index (χ1) is 31.9. The quantitative estimate of drug-likeness (QED) is 0.139. The van der Waals surface area contributed by atoms with Gasteiger partial charge in [-0.25, -0.2) is 0 Å². The lowest BCUT2D eigenvalue weighted by atomic mass is 9.88. The van der Waals surface area contributed by atoms with E-state index >= 15 is 0 Å². The molecule has 61 heavy (non-hydrogen) atoms. The zero-order valence-electron chi connectivity index (χ0n) is 37.3. The van der Waals surface area contributed by atoms with Gasteiger partial charge in [0.05, 0.1) is 11.2 Å². The second kappa shape index (κ2) is 15.6. The smallest absolute Gasteiger partial charge is 0.0645 e. The highest BCUT2D eigenvalue weighted by atomic mass is 15.1. The van der Waals surface area contributed by atoms with Gasteiger partial charge in [0.1, 0.15) is 0 Å². The van der Waals surface area contributed by atoms with E-state index in [1.54, 1.807) is 0 Å². The summed E-state index contributed by atoms with van der Waals surface area (Å²) in [5, 5.41) is 6.62. The van der Waals surface area contributed by atoms with Crippen LogP contribution in [0.5, 0.6) is 0 Å². The van der Waals surface area contributed by atoms with Gasteiger partial charge in [0.2, 0.25) is 0 Å². The Kier molecular flexibility index (Phi) is 8.18. The minimum absolute atomic E-state index is 0.0997. The first-order valence-corrected chi connectivity index (χ1v) is 20.7. The number of anilines is 3. The topological polar surface area (TPSA) is 3.24 Å². The molecule has 0 aromatic heterocycles. The molecule has 11 rings (SSSR count). The molecule has 0 bridgehead atoms. The molecule has 0 saturated carbocycles. The average molecular weight is 780 g/mol. The molecule has 0 spiro atoms. The zero-order chi connectivity index (χ0) is 44.0. The summed E-state index contributed by atoms with van der Waals surface area (Å²) in [6.07, 6.45) is 0. The molecule has 11 aromatic rings. The summed E-state index contributed by atoms with van der Waals surface area (Å²) < 4.78 is 38.9. The summed E-state index contributed by atoms with van der Waals surface area (Å²) in [4.78, 5) is 1.92. The second-order valence-electron chi connectivity index (χ2n) is 15.3. The van der Waals surface area contributed by atoms with Gasteiger partial charge >= 0.3 is 0 Å². The molecule has 0 radical (unpaired) electrons. The SMILES string of the molecule is [2H]c1c([2H])c(N(c2ccc(-c3ccc4c(ccc5ccccc54)c3)cc2)c2ccccc2-c2ccccc2-c2ccccc2-c2ccccc2)c([2H])c([2H])c1-c1cccc2ccccc12. The van der Waals surface area contributed by atoms with Crippen LogP contribution in [0.2, 0.25) is 0 Å². The van der Waals surface area contributed by atoms with Crippen molar-refractivity contribution in [2.24, 2.45) is 0 Å². The molecule has 0 atom stereocenters. The highest BCUT2D eigenvalue weighted by Crippen LogP contribution is 2.46. The standard InChI is InChI=1S/C60H41N/c1-2-15-43(16-3-1)54-22-8-9-23-56(54)57-24-10-11-25-58(57)59-26-12-13-28-60(59)61(50-38-33-46(34-39-50)53-27-14-19-44-17-4-6-20-51(44)53)49-36-31-42(32-37-49)47-35-40-55-48(41-47)30-29-45-18-5-7-21-52(45)55/h1-41H/i33D,34D,38D,39D. The maximum atomic E-state index is 9.81. The van der Waals surface area contributed by atoms with E-state index in [-0.39, 0.29) is 35.4 Å². The van der Waals surface area contributed by atoms with Crippen molar-refractivity contribution in [2.45, 2.75) is 0 Å². The maximum Gasteiger partial charge on any atom is 0.0645 e. The van der Waals surface area contributed by atoms with E-state index < -0.39 is 0 Å². The van der Waals surface area contributed by atoms with E-state index in [1.165, 1.54) is 16.2 Å². The molecule has 0 heterocycles. The predicted octanol–water partition coefficient (Wildman–Crippen LogP) is 17.0. The zero-order valence-corrected chi connectivity index (χ0v) is 33.3. The second-order valence-corrected chi connectivity index (χ2v) is 15.3. The maximum absolute atomic E-state index is 9.81. The molecule has 1 heteroatoms. The lowest BCUT2D eigenvalue weighted by Gasteiger charge is -2.29. The third-order valence-corrected chi connectivity index (χ3v) is 11.8. The minimum atomic E-state index is -0.128. The molecule has 0 aliphatic carbocycles. The number of rotatable bonds is 8. The molecule has 0 amide bonds. The van der Waals surface area contributed by atoms with E-state index in [9.17, 15) is 5.48 Å². The molecule has 0 aliphatic rings. The number of benzene rings is 11. The normalized spacial score (nSPS) is 12.2. The van der Waals surface area contributed by atoms with Crippen LogP contribution in [0.1, 0.15) is 5.48 Å². The van der Waals surface area contributed by atoms with Crippen LogP contribution in [-0.4, -0.2) is 0 Å². The van der Waals surface area contributed by atoms with Crippen LogP contribution in [0.3, 0.4) is 0 Å². The molecular weight excluding hydrogens is 735 g/mol. The number of hydrogen-bond donors (Lipinski definition) is 0. The Morgan fingerprint density at radius 2 is 0.770 bits per heavy atom. The molecule has 286 valence electrons. The first kappa shape index (κ1) is 31.9. The highest BCUT2D eigenvalue weighted by Gasteiger charge is 2.20. The summed E-state index contributed by atoms with van der Waals surface area (Å²) in [7, 11) is 0. The largest absolute Gasteiger partial charge is 0.310 e. The summed E-state index contributed by atoms with van der Waals surface area (Å²) in [6, 6.07) is 76.1. The Morgan fingerprint density at radius 3 is 1.52 bits per heavy atom. The van der Waals surface area contributed by atoms with Gasteiger partial charge in [-0.2, -0.15) is 0 Å². The van der Waals surface area contributed by atoms with E-state index in [1.807, 2.05) is 89.8 Å². The van der Waals surface area contributed by atoms with Crippen molar-refractivity contribution in [1.82, 2.24) is 0 Å². The third-order valence-electron chi connectivity index (χ3n) is 11.8. The Bertz CT molecular complexity index is 3570. The Labute approximate surface area is 362 Å². The summed E-state index contributed by atoms with van der Waals surface area (Å²) in [5.41, 5.74) is 10.8. The lowest BCUT2D eigenvalue weighted by molar-refractivity contribution is 1.28. The molecule has 0 unspecified atom stereocenters. The van der Waals surface area contributed by atoms with E-state index in [4.69, 9.17) is 0 Å². The molecule has 0 saturated heterocycles. The van der Waals surface area contributed by atoms with Crippen molar-refractivity contribution in [3.05, 3.63) is 249 Å². The van der Waals surface area contributed by atoms with Crippen molar-refractivity contribution in [2.75, 3.05) is 4.90 Å². The number of para-hydroxylation sites is 1. The van der Waals surface area contributed by atoms with Gasteiger partial charge in [-0.3, -0.25) is 0 Å². The monoisotopic (exact) mass is 779 g/mol. The van der Waals surface area contributed by atoms with Crippen LogP contribution in [-0.2, 0) is 0 Å². The van der Waals surface area contributed by atoms with Crippen LogP contribution in [0.25, 0.3) is 88.0 Å². The summed E-state index contributed by atoms with van der Waals surface area (Å²) in [5.74, 6) is 0. The van der Waals surface area contributed by atoms with Crippen molar-refractivity contribution in [3.63, 3.8) is 0 Å². The number of hydrogen-bond acceptors (Lipinski definition) is 1. The molecule has 1 nitrogen and oxygen atoms in total. The molecular formula is C60H41N. The first-order valence-electron chi connectivity index (χ1n) is 22.7. The van der Waals surface area contributed by atoms with E-state index in [0.717, 1.165) is 66.4 Å². The number of nitrogens with zero attached hydrogens (tertiary/aromatic N) is 1. The highest BCUT2D eigenvalue weighted by molar-refractivity contribution is 6.08. The fraction of sp³-hybridized carbons (Fsp3) is 0. The molecule has 11 aromatic carbocycles.